The van der Waals surface area contributed by atoms with E-state index in [0.717, 1.165) is 62.1 Å². The van der Waals surface area contributed by atoms with Crippen molar-refractivity contribution in [2.45, 2.75) is 50.5 Å². The number of likely N-dealkylation sites (N-methyl/N-ethyl adjacent to an activating group) is 1. The Morgan fingerprint density at radius 3 is 2.41 bits per heavy atom. The molecule has 0 aromatic heterocycles. The molecular formula is C27H33N3O2. The van der Waals surface area contributed by atoms with Crippen LogP contribution in [0.15, 0.2) is 48.5 Å². The highest BCUT2D eigenvalue weighted by Crippen LogP contribution is 2.39. The normalized spacial score (nSPS) is 22.2. The molecule has 2 saturated carbocycles. The van der Waals surface area contributed by atoms with Crippen molar-refractivity contribution in [3.05, 3.63) is 65.2 Å². The number of carbonyl (C=O) groups excluding carboxylic acids is 2. The van der Waals surface area contributed by atoms with Crippen LogP contribution < -0.4 is 5.32 Å². The van der Waals surface area contributed by atoms with Gasteiger partial charge >= 0.3 is 0 Å². The van der Waals surface area contributed by atoms with Crippen LogP contribution in [0.1, 0.15) is 72.0 Å². The number of benzene rings is 2. The van der Waals surface area contributed by atoms with E-state index >= 15 is 0 Å². The lowest BCUT2D eigenvalue weighted by Crippen LogP contribution is -2.49. The lowest BCUT2D eigenvalue weighted by molar-refractivity contribution is -0.117. The molecule has 1 saturated heterocycles. The minimum atomic E-state index is 0.0492. The second-order valence-corrected chi connectivity index (χ2v) is 9.73. The molecule has 0 bridgehead atoms. The third kappa shape index (κ3) is 4.44. The summed E-state index contributed by atoms with van der Waals surface area (Å²) in [4.78, 5) is 30.6. The van der Waals surface area contributed by atoms with Gasteiger partial charge in [0.15, 0.2) is 0 Å². The molecule has 5 nitrogen and oxygen atoms in total. The zero-order valence-electron chi connectivity index (χ0n) is 18.9. The van der Waals surface area contributed by atoms with Crippen LogP contribution in [-0.4, -0.2) is 48.3 Å². The summed E-state index contributed by atoms with van der Waals surface area (Å²) in [6.45, 7) is 2.44. The second kappa shape index (κ2) is 9.07. The molecule has 1 unspecified atom stereocenters. The Morgan fingerprint density at radius 2 is 1.69 bits per heavy atom. The monoisotopic (exact) mass is 431 g/mol. The molecule has 2 aromatic carbocycles. The van der Waals surface area contributed by atoms with E-state index in [4.69, 9.17) is 0 Å². The minimum Gasteiger partial charge on any atom is -0.329 e. The van der Waals surface area contributed by atoms with Gasteiger partial charge < -0.3 is 15.1 Å². The average Bonchev–Trinajstić information content (AvgIpc) is 3.53. The maximum atomic E-state index is 13.9. The Kier molecular flexibility index (Phi) is 6.01. The number of nitrogens with one attached hydrogen (secondary N) is 1. The SMILES string of the molecule is CN1CCN(C(=O)c2ccc(NC(=O)C3CC3)cc2C2CCCC2)C(c2ccccc2)C1. The van der Waals surface area contributed by atoms with Gasteiger partial charge in [0.25, 0.3) is 5.91 Å². The molecule has 2 aliphatic carbocycles. The van der Waals surface area contributed by atoms with Crippen LogP contribution in [-0.2, 0) is 4.79 Å². The number of piperazine rings is 1. The van der Waals surface area contributed by atoms with E-state index in [1.807, 2.05) is 30.3 Å². The first-order chi connectivity index (χ1) is 15.6. The van der Waals surface area contributed by atoms with Gasteiger partial charge in [-0.2, -0.15) is 0 Å². The fraction of sp³-hybridized carbons (Fsp3) is 0.481. The highest BCUT2D eigenvalue weighted by molar-refractivity contribution is 5.98. The van der Waals surface area contributed by atoms with E-state index in [9.17, 15) is 9.59 Å². The van der Waals surface area contributed by atoms with Gasteiger partial charge in [0.2, 0.25) is 5.91 Å². The number of hydrogen-bond donors (Lipinski definition) is 1. The predicted molar refractivity (Wildman–Crippen MR) is 127 cm³/mol. The molecule has 5 heteroatoms. The van der Waals surface area contributed by atoms with Crippen LogP contribution in [0, 0.1) is 5.92 Å². The number of amides is 2. The maximum Gasteiger partial charge on any atom is 0.254 e. The number of carbonyl (C=O) groups is 2. The van der Waals surface area contributed by atoms with Crippen molar-refractivity contribution in [3.8, 4) is 0 Å². The molecule has 5 rings (SSSR count). The number of nitrogens with zero attached hydrogens (tertiary/aromatic N) is 2. The Bertz CT molecular complexity index is 980. The zero-order valence-corrected chi connectivity index (χ0v) is 18.9. The lowest BCUT2D eigenvalue weighted by atomic mass is 9.90. The molecule has 168 valence electrons. The third-order valence-electron chi connectivity index (χ3n) is 7.32. The Morgan fingerprint density at radius 1 is 0.938 bits per heavy atom. The van der Waals surface area contributed by atoms with Gasteiger partial charge in [0.1, 0.15) is 0 Å². The van der Waals surface area contributed by atoms with E-state index < -0.39 is 0 Å². The van der Waals surface area contributed by atoms with E-state index in [1.165, 1.54) is 18.4 Å². The molecular weight excluding hydrogens is 398 g/mol. The summed E-state index contributed by atoms with van der Waals surface area (Å²) in [6, 6.07) is 16.4. The Hall–Kier alpha value is -2.66. The van der Waals surface area contributed by atoms with Crippen molar-refractivity contribution in [2.24, 2.45) is 5.92 Å². The average molecular weight is 432 g/mol. The van der Waals surface area contributed by atoms with Gasteiger partial charge in [0, 0.05) is 36.8 Å². The second-order valence-electron chi connectivity index (χ2n) is 9.73. The van der Waals surface area contributed by atoms with E-state index in [1.54, 1.807) is 0 Å². The van der Waals surface area contributed by atoms with Gasteiger partial charge in [-0.15, -0.1) is 0 Å². The summed E-state index contributed by atoms with van der Waals surface area (Å²) in [5.74, 6) is 0.802. The molecule has 1 heterocycles. The molecule has 1 N–H and O–H groups in total. The van der Waals surface area contributed by atoms with E-state index in [0.29, 0.717) is 5.92 Å². The molecule has 2 amide bonds. The Balaban J connectivity index is 1.46. The molecule has 32 heavy (non-hydrogen) atoms. The first-order valence-corrected chi connectivity index (χ1v) is 12.1. The summed E-state index contributed by atoms with van der Waals surface area (Å²) in [6.07, 6.45) is 6.62. The van der Waals surface area contributed by atoms with Crippen molar-refractivity contribution in [1.82, 2.24) is 9.80 Å². The fourth-order valence-corrected chi connectivity index (χ4v) is 5.28. The molecule has 0 spiro atoms. The smallest absolute Gasteiger partial charge is 0.254 e. The van der Waals surface area contributed by atoms with Crippen molar-refractivity contribution in [1.29, 1.82) is 0 Å². The van der Waals surface area contributed by atoms with Crippen molar-refractivity contribution < 1.29 is 9.59 Å². The summed E-state index contributed by atoms with van der Waals surface area (Å²) in [5, 5.41) is 3.08. The zero-order chi connectivity index (χ0) is 22.1. The highest BCUT2D eigenvalue weighted by atomic mass is 16.2. The lowest BCUT2D eigenvalue weighted by Gasteiger charge is -2.40. The van der Waals surface area contributed by atoms with E-state index in [2.05, 4.69) is 40.4 Å². The third-order valence-corrected chi connectivity index (χ3v) is 7.32. The molecule has 2 aromatic rings. The predicted octanol–water partition coefficient (Wildman–Crippen LogP) is 4.82. The van der Waals surface area contributed by atoms with Gasteiger partial charge in [-0.1, -0.05) is 43.2 Å². The number of anilines is 1. The van der Waals surface area contributed by atoms with Crippen LogP contribution in [0.25, 0.3) is 0 Å². The van der Waals surface area contributed by atoms with E-state index in [-0.39, 0.29) is 23.8 Å². The van der Waals surface area contributed by atoms with Gasteiger partial charge in [-0.3, -0.25) is 9.59 Å². The first-order valence-electron chi connectivity index (χ1n) is 12.1. The maximum absolute atomic E-state index is 13.9. The topological polar surface area (TPSA) is 52.6 Å². The van der Waals surface area contributed by atoms with Gasteiger partial charge in [-0.25, -0.2) is 0 Å². The van der Waals surface area contributed by atoms with Crippen molar-refractivity contribution in [3.63, 3.8) is 0 Å². The fourth-order valence-electron chi connectivity index (χ4n) is 5.28. The summed E-state index contributed by atoms with van der Waals surface area (Å²) in [7, 11) is 2.12. The van der Waals surface area contributed by atoms with Crippen LogP contribution in [0.4, 0.5) is 5.69 Å². The molecule has 1 atom stereocenters. The van der Waals surface area contributed by atoms with Crippen LogP contribution in [0.2, 0.25) is 0 Å². The summed E-state index contributed by atoms with van der Waals surface area (Å²) < 4.78 is 0. The number of rotatable bonds is 5. The van der Waals surface area contributed by atoms with Crippen LogP contribution >= 0.6 is 0 Å². The highest BCUT2D eigenvalue weighted by Gasteiger charge is 2.34. The summed E-state index contributed by atoms with van der Waals surface area (Å²) in [5.41, 5.74) is 3.94. The van der Waals surface area contributed by atoms with Crippen molar-refractivity contribution in [2.75, 3.05) is 32.0 Å². The molecule has 1 aliphatic heterocycles. The summed E-state index contributed by atoms with van der Waals surface area (Å²) >= 11 is 0. The minimum absolute atomic E-state index is 0.0492. The van der Waals surface area contributed by atoms with Crippen LogP contribution in [0.3, 0.4) is 0 Å². The standard InChI is InChI=1S/C27H33N3O2/c1-29-15-16-30(25(18-29)20-9-3-2-4-10-20)27(32)23-14-13-22(28-26(31)21-11-12-21)17-24(23)19-7-5-6-8-19/h2-4,9-10,13-14,17,19,21,25H,5-8,11-12,15-16,18H2,1H3,(H,28,31). The quantitative estimate of drug-likeness (QED) is 0.738. The largest absolute Gasteiger partial charge is 0.329 e. The molecule has 0 radical (unpaired) electrons. The first kappa shape index (κ1) is 21.2. The number of hydrogen-bond acceptors (Lipinski definition) is 3. The van der Waals surface area contributed by atoms with Crippen molar-refractivity contribution >= 4 is 17.5 Å². The Labute approximate surface area is 190 Å². The van der Waals surface area contributed by atoms with Gasteiger partial charge in [0.05, 0.1) is 6.04 Å². The van der Waals surface area contributed by atoms with Crippen LogP contribution in [0.5, 0.6) is 0 Å². The van der Waals surface area contributed by atoms with Gasteiger partial charge in [-0.05, 0) is 68.0 Å². The molecule has 3 fully saturated rings. The molecule has 3 aliphatic rings.